The van der Waals surface area contributed by atoms with Crippen LogP contribution in [0.3, 0.4) is 0 Å². The molecule has 1 N–H and O–H groups in total. The van der Waals surface area contributed by atoms with E-state index in [1.54, 1.807) is 79.3 Å². The molecule has 1 atom stereocenters. The average molecular weight is 498 g/mol. The van der Waals surface area contributed by atoms with Crippen molar-refractivity contribution in [2.24, 2.45) is 0 Å². The molecule has 186 valence electrons. The Kier molecular flexibility index (Phi) is 6.67. The van der Waals surface area contributed by atoms with Gasteiger partial charge in [0.25, 0.3) is 5.91 Å². The summed E-state index contributed by atoms with van der Waals surface area (Å²) >= 11 is 0. The summed E-state index contributed by atoms with van der Waals surface area (Å²) in [7, 11) is 0. The number of rotatable bonds is 8. The number of nitrogens with one attached hydrogen (secondary N) is 1. The zero-order valence-electron chi connectivity index (χ0n) is 20.1. The molecule has 0 aliphatic rings. The van der Waals surface area contributed by atoms with Crippen LogP contribution in [0.15, 0.2) is 88.1 Å². The summed E-state index contributed by atoms with van der Waals surface area (Å²) in [6.07, 6.45) is 2.07. The molecule has 0 aliphatic carbocycles. The zero-order chi connectivity index (χ0) is 25.8. The summed E-state index contributed by atoms with van der Waals surface area (Å²) in [5, 5.41) is 2.73. The lowest BCUT2D eigenvalue weighted by Gasteiger charge is -2.14. The molecule has 0 spiro atoms. The predicted octanol–water partition coefficient (Wildman–Crippen LogP) is 5.73. The Morgan fingerprint density at radius 2 is 1.54 bits per heavy atom. The SMILES string of the molecule is CCOc1ccc(NC(=O)C(C)OC(=O)c2ccc3nc(-c4ccco4)c(-c4ccco4)nc3c2)cc1. The van der Waals surface area contributed by atoms with Crippen LogP contribution in [0.1, 0.15) is 24.2 Å². The van der Waals surface area contributed by atoms with Gasteiger partial charge in [-0.1, -0.05) is 0 Å². The number of hydrogen-bond acceptors (Lipinski definition) is 8. The molecular formula is C28H23N3O6. The number of anilines is 1. The molecule has 3 heterocycles. The van der Waals surface area contributed by atoms with E-state index in [-0.39, 0.29) is 5.56 Å². The smallest absolute Gasteiger partial charge is 0.338 e. The molecule has 1 unspecified atom stereocenters. The van der Waals surface area contributed by atoms with Gasteiger partial charge >= 0.3 is 5.97 Å². The van der Waals surface area contributed by atoms with Crippen molar-refractivity contribution in [2.45, 2.75) is 20.0 Å². The first-order valence-corrected chi connectivity index (χ1v) is 11.7. The Balaban J connectivity index is 1.34. The lowest BCUT2D eigenvalue weighted by molar-refractivity contribution is -0.123. The summed E-state index contributed by atoms with van der Waals surface area (Å²) in [5.74, 6) is 0.630. The van der Waals surface area contributed by atoms with Gasteiger partial charge in [0.2, 0.25) is 0 Å². The molecule has 0 fully saturated rings. The first-order valence-electron chi connectivity index (χ1n) is 11.7. The van der Waals surface area contributed by atoms with Gasteiger partial charge in [0, 0.05) is 5.69 Å². The van der Waals surface area contributed by atoms with Crippen molar-refractivity contribution in [3.63, 3.8) is 0 Å². The second-order valence-electron chi connectivity index (χ2n) is 8.07. The lowest BCUT2D eigenvalue weighted by atomic mass is 10.1. The van der Waals surface area contributed by atoms with E-state index in [0.29, 0.717) is 52.0 Å². The Hall–Kier alpha value is -4.92. The van der Waals surface area contributed by atoms with Crippen molar-refractivity contribution >= 4 is 28.6 Å². The van der Waals surface area contributed by atoms with E-state index in [1.165, 1.54) is 6.92 Å². The molecule has 1 amide bonds. The van der Waals surface area contributed by atoms with Crippen LogP contribution in [-0.2, 0) is 9.53 Å². The van der Waals surface area contributed by atoms with E-state index >= 15 is 0 Å². The van der Waals surface area contributed by atoms with Crippen LogP contribution in [0.5, 0.6) is 5.75 Å². The largest absolute Gasteiger partial charge is 0.494 e. The predicted molar refractivity (Wildman–Crippen MR) is 136 cm³/mol. The second-order valence-corrected chi connectivity index (χ2v) is 8.07. The van der Waals surface area contributed by atoms with E-state index in [1.807, 2.05) is 6.92 Å². The van der Waals surface area contributed by atoms with Gasteiger partial charge in [-0.25, -0.2) is 14.8 Å². The van der Waals surface area contributed by atoms with Crippen molar-refractivity contribution in [3.8, 4) is 28.7 Å². The highest BCUT2D eigenvalue weighted by molar-refractivity contribution is 5.99. The number of nitrogens with zero attached hydrogens (tertiary/aromatic N) is 2. The second kappa shape index (κ2) is 10.4. The van der Waals surface area contributed by atoms with Crippen LogP contribution in [0, 0.1) is 0 Å². The van der Waals surface area contributed by atoms with Crippen LogP contribution < -0.4 is 10.1 Å². The highest BCUT2D eigenvalue weighted by Gasteiger charge is 2.21. The highest BCUT2D eigenvalue weighted by atomic mass is 16.5. The van der Waals surface area contributed by atoms with Crippen LogP contribution in [0.25, 0.3) is 33.9 Å². The molecule has 37 heavy (non-hydrogen) atoms. The first kappa shape index (κ1) is 23.8. The number of ether oxygens (including phenoxy) is 2. The summed E-state index contributed by atoms with van der Waals surface area (Å²) < 4.78 is 21.9. The Morgan fingerprint density at radius 3 is 2.14 bits per heavy atom. The van der Waals surface area contributed by atoms with Gasteiger partial charge in [0.1, 0.15) is 17.1 Å². The van der Waals surface area contributed by atoms with Gasteiger partial charge in [-0.15, -0.1) is 0 Å². The lowest BCUT2D eigenvalue weighted by Crippen LogP contribution is -2.30. The van der Waals surface area contributed by atoms with Crippen LogP contribution in [-0.4, -0.2) is 34.6 Å². The van der Waals surface area contributed by atoms with Gasteiger partial charge in [-0.3, -0.25) is 4.79 Å². The summed E-state index contributed by atoms with van der Waals surface area (Å²) in [6.45, 7) is 3.95. The normalized spacial score (nSPS) is 11.7. The Bertz CT molecular complexity index is 1530. The summed E-state index contributed by atoms with van der Waals surface area (Å²) in [4.78, 5) is 34.8. The molecule has 9 nitrogen and oxygen atoms in total. The third-order valence-electron chi connectivity index (χ3n) is 5.49. The van der Waals surface area contributed by atoms with Crippen molar-refractivity contribution in [1.82, 2.24) is 9.97 Å². The first-order chi connectivity index (χ1) is 18.0. The van der Waals surface area contributed by atoms with E-state index < -0.39 is 18.0 Å². The van der Waals surface area contributed by atoms with E-state index in [4.69, 9.17) is 23.3 Å². The zero-order valence-corrected chi connectivity index (χ0v) is 20.1. The molecule has 0 saturated heterocycles. The Morgan fingerprint density at radius 1 is 0.892 bits per heavy atom. The minimum Gasteiger partial charge on any atom is -0.494 e. The topological polar surface area (TPSA) is 117 Å². The van der Waals surface area contributed by atoms with Gasteiger partial charge in [-0.2, -0.15) is 0 Å². The number of hydrogen-bond donors (Lipinski definition) is 1. The minimum atomic E-state index is -1.03. The molecular weight excluding hydrogens is 474 g/mol. The van der Waals surface area contributed by atoms with Crippen molar-refractivity contribution in [2.75, 3.05) is 11.9 Å². The fourth-order valence-electron chi connectivity index (χ4n) is 3.68. The molecule has 9 heteroatoms. The third kappa shape index (κ3) is 5.20. The molecule has 2 aromatic carbocycles. The average Bonchev–Trinajstić information content (AvgIpc) is 3.64. The van der Waals surface area contributed by atoms with Gasteiger partial charge in [0.05, 0.1) is 35.7 Å². The number of aromatic nitrogens is 2. The standard InChI is InChI=1S/C28H23N3O6/c1-3-34-20-11-9-19(10-12-20)29-27(32)17(2)37-28(33)18-8-13-21-22(16-18)31-26(24-7-5-15-36-24)25(30-21)23-6-4-14-35-23/h4-17H,3H2,1-2H3,(H,29,32). The monoisotopic (exact) mass is 497 g/mol. The van der Waals surface area contributed by atoms with Gasteiger partial charge in [-0.05, 0) is 80.6 Å². The van der Waals surface area contributed by atoms with Gasteiger partial charge < -0.3 is 23.6 Å². The number of benzene rings is 2. The summed E-state index contributed by atoms with van der Waals surface area (Å²) in [5.41, 5.74) is 2.81. The van der Waals surface area contributed by atoms with Gasteiger partial charge in [0.15, 0.2) is 17.6 Å². The molecule has 0 aliphatic heterocycles. The molecule has 5 rings (SSSR count). The number of amides is 1. The molecule has 0 bridgehead atoms. The number of esters is 1. The van der Waals surface area contributed by atoms with E-state index in [0.717, 1.165) is 0 Å². The van der Waals surface area contributed by atoms with Crippen LogP contribution >= 0.6 is 0 Å². The third-order valence-corrected chi connectivity index (χ3v) is 5.49. The summed E-state index contributed by atoms with van der Waals surface area (Å²) in [6, 6.07) is 18.8. The highest BCUT2D eigenvalue weighted by Crippen LogP contribution is 2.31. The van der Waals surface area contributed by atoms with E-state index in [2.05, 4.69) is 10.3 Å². The van der Waals surface area contributed by atoms with Crippen molar-refractivity contribution in [3.05, 3.63) is 84.8 Å². The maximum Gasteiger partial charge on any atom is 0.338 e. The molecule has 0 saturated carbocycles. The van der Waals surface area contributed by atoms with Crippen molar-refractivity contribution < 1.29 is 27.9 Å². The van der Waals surface area contributed by atoms with Crippen LogP contribution in [0.2, 0.25) is 0 Å². The quantitative estimate of drug-likeness (QED) is 0.270. The fourth-order valence-corrected chi connectivity index (χ4v) is 3.68. The van der Waals surface area contributed by atoms with Crippen molar-refractivity contribution in [1.29, 1.82) is 0 Å². The molecule has 3 aromatic heterocycles. The number of fused-ring (bicyclic) bond motifs is 1. The maximum absolute atomic E-state index is 12.8. The fraction of sp³-hybridized carbons (Fsp3) is 0.143. The maximum atomic E-state index is 12.8. The minimum absolute atomic E-state index is 0.235. The Labute approximate surface area is 212 Å². The molecule has 5 aromatic rings. The van der Waals surface area contributed by atoms with Crippen LogP contribution in [0.4, 0.5) is 5.69 Å². The molecule has 0 radical (unpaired) electrons. The number of furan rings is 2. The number of carbonyl (C=O) groups is 2. The number of carbonyl (C=O) groups excluding carboxylic acids is 2. The van der Waals surface area contributed by atoms with E-state index in [9.17, 15) is 9.59 Å².